The number of hydrogen-bond donors (Lipinski definition) is 1. The third-order valence-electron chi connectivity index (χ3n) is 2.01. The number of aromatic nitrogens is 1. The summed E-state index contributed by atoms with van der Waals surface area (Å²) >= 11 is 0. The zero-order valence-electron chi connectivity index (χ0n) is 9.69. The molecule has 0 spiro atoms. The Morgan fingerprint density at radius 3 is 2.95 bits per heavy atom. The minimum atomic E-state index is -0.673. The molecular weight excluding hydrogens is 256 g/mol. The predicted molar refractivity (Wildman–Crippen MR) is 61.7 cm³/mol. The molecule has 98 valence electrons. The highest BCUT2D eigenvalue weighted by atomic mass is 16.6. The summed E-state index contributed by atoms with van der Waals surface area (Å²) < 4.78 is 9.53. The number of aryl methyl sites for hydroxylation is 1. The number of nitrogens with one attached hydrogen (secondary N) is 1. The van der Waals surface area contributed by atoms with Gasteiger partial charge in [-0.1, -0.05) is 5.16 Å². The molecule has 1 amide bonds. The summed E-state index contributed by atoms with van der Waals surface area (Å²) in [6.07, 6.45) is 1.14. The Labute approximate surface area is 106 Å². The quantitative estimate of drug-likeness (QED) is 0.503. The maximum absolute atomic E-state index is 11.5. The maximum atomic E-state index is 11.5. The van der Waals surface area contributed by atoms with Gasteiger partial charge in [0.2, 0.25) is 0 Å². The fraction of sp³-hybridized carbons (Fsp3) is 0.100. The van der Waals surface area contributed by atoms with Crippen molar-refractivity contribution < 1.29 is 18.7 Å². The van der Waals surface area contributed by atoms with Crippen molar-refractivity contribution in [3.8, 4) is 0 Å². The monoisotopic (exact) mass is 264 g/mol. The average Bonchev–Trinajstić information content (AvgIpc) is 2.98. The Hall–Kier alpha value is -2.97. The van der Waals surface area contributed by atoms with E-state index in [-0.39, 0.29) is 11.5 Å². The van der Waals surface area contributed by atoms with E-state index < -0.39 is 16.7 Å². The molecule has 0 saturated heterocycles. The van der Waals surface area contributed by atoms with E-state index in [9.17, 15) is 14.9 Å². The number of nitrogens with zero attached hydrogens (tertiary/aromatic N) is 3. The molecular formula is C10H8N4O5. The standard InChI is InChI=1S/C10H8N4O5/c1-6-4-8(13-19-6)10(15)12-11-5-7-2-3-9(18-7)14(16)17/h2-5H,1H3,(H,12,15). The molecule has 0 saturated carbocycles. The molecule has 0 bridgehead atoms. The Bertz CT molecular complexity index is 642. The number of nitro groups is 1. The van der Waals surface area contributed by atoms with Gasteiger partial charge in [-0.3, -0.25) is 14.9 Å². The summed E-state index contributed by atoms with van der Waals surface area (Å²) in [6.45, 7) is 1.65. The van der Waals surface area contributed by atoms with Crippen LogP contribution < -0.4 is 5.43 Å². The molecule has 0 atom stereocenters. The van der Waals surface area contributed by atoms with E-state index in [2.05, 4.69) is 15.7 Å². The molecule has 0 radical (unpaired) electrons. The lowest BCUT2D eigenvalue weighted by molar-refractivity contribution is -0.402. The fourth-order valence-corrected chi connectivity index (χ4v) is 1.19. The molecule has 0 aliphatic carbocycles. The molecule has 2 heterocycles. The van der Waals surface area contributed by atoms with Crippen molar-refractivity contribution in [1.29, 1.82) is 0 Å². The topological polar surface area (TPSA) is 124 Å². The van der Waals surface area contributed by atoms with E-state index in [1.54, 1.807) is 6.92 Å². The third kappa shape index (κ3) is 3.03. The third-order valence-corrected chi connectivity index (χ3v) is 2.01. The number of carbonyl (C=O) groups excluding carboxylic acids is 1. The number of hydrogen-bond acceptors (Lipinski definition) is 7. The number of furan rings is 1. The van der Waals surface area contributed by atoms with Gasteiger partial charge in [0.15, 0.2) is 11.5 Å². The average molecular weight is 264 g/mol. The first kappa shape index (κ1) is 12.5. The molecule has 2 aromatic rings. The highest BCUT2D eigenvalue weighted by Crippen LogP contribution is 2.13. The van der Waals surface area contributed by atoms with Crippen LogP contribution in [-0.2, 0) is 0 Å². The molecule has 0 aliphatic heterocycles. The van der Waals surface area contributed by atoms with E-state index in [4.69, 9.17) is 8.94 Å². The molecule has 0 fully saturated rings. The fourth-order valence-electron chi connectivity index (χ4n) is 1.19. The van der Waals surface area contributed by atoms with Crippen LogP contribution in [0.25, 0.3) is 0 Å². The zero-order chi connectivity index (χ0) is 13.8. The zero-order valence-corrected chi connectivity index (χ0v) is 9.69. The second-order valence-corrected chi connectivity index (χ2v) is 3.46. The molecule has 9 heteroatoms. The van der Waals surface area contributed by atoms with Gasteiger partial charge in [-0.2, -0.15) is 5.10 Å². The second kappa shape index (κ2) is 5.12. The van der Waals surface area contributed by atoms with Gasteiger partial charge in [-0.15, -0.1) is 0 Å². The van der Waals surface area contributed by atoms with E-state index in [0.717, 1.165) is 6.21 Å². The van der Waals surface area contributed by atoms with E-state index in [1.165, 1.54) is 18.2 Å². The van der Waals surface area contributed by atoms with Crippen molar-refractivity contribution >= 4 is 18.0 Å². The molecule has 2 aromatic heterocycles. The van der Waals surface area contributed by atoms with Gasteiger partial charge >= 0.3 is 5.88 Å². The SMILES string of the molecule is Cc1cc(C(=O)NN=Cc2ccc([N+](=O)[O-])o2)no1. The van der Waals surface area contributed by atoms with Crippen molar-refractivity contribution in [3.63, 3.8) is 0 Å². The van der Waals surface area contributed by atoms with Crippen molar-refractivity contribution in [2.45, 2.75) is 6.92 Å². The second-order valence-electron chi connectivity index (χ2n) is 3.46. The van der Waals surface area contributed by atoms with Crippen LogP contribution in [0.15, 0.2) is 32.2 Å². The summed E-state index contributed by atoms with van der Waals surface area (Å²) in [4.78, 5) is 21.2. The van der Waals surface area contributed by atoms with Crippen molar-refractivity contribution in [3.05, 3.63) is 45.5 Å². The van der Waals surface area contributed by atoms with Crippen LogP contribution in [0, 0.1) is 17.0 Å². The lowest BCUT2D eigenvalue weighted by Gasteiger charge is -1.92. The first-order chi connectivity index (χ1) is 9.06. The van der Waals surface area contributed by atoms with Gasteiger partial charge in [0.05, 0.1) is 12.3 Å². The van der Waals surface area contributed by atoms with Gasteiger partial charge in [0, 0.05) is 6.07 Å². The van der Waals surface area contributed by atoms with Crippen LogP contribution in [0.1, 0.15) is 22.0 Å². The van der Waals surface area contributed by atoms with Gasteiger partial charge in [0.1, 0.15) is 10.7 Å². The van der Waals surface area contributed by atoms with Crippen molar-refractivity contribution in [2.24, 2.45) is 5.10 Å². The van der Waals surface area contributed by atoms with Gasteiger partial charge in [0.25, 0.3) is 5.91 Å². The highest BCUT2D eigenvalue weighted by Gasteiger charge is 2.11. The lowest BCUT2D eigenvalue weighted by Crippen LogP contribution is -2.17. The summed E-state index contributed by atoms with van der Waals surface area (Å²) in [5.74, 6) is -0.326. The molecule has 0 unspecified atom stereocenters. The van der Waals surface area contributed by atoms with Gasteiger partial charge in [-0.05, 0) is 13.0 Å². The number of hydrazone groups is 1. The minimum absolute atomic E-state index is 0.0834. The van der Waals surface area contributed by atoms with Crippen LogP contribution in [0.4, 0.5) is 5.88 Å². The van der Waals surface area contributed by atoms with E-state index in [1.807, 2.05) is 0 Å². The predicted octanol–water partition coefficient (Wildman–Crippen LogP) is 1.25. The molecule has 0 aliphatic rings. The molecule has 1 N–H and O–H groups in total. The molecule has 19 heavy (non-hydrogen) atoms. The van der Waals surface area contributed by atoms with Crippen molar-refractivity contribution in [1.82, 2.24) is 10.6 Å². The summed E-state index contributed by atoms with van der Waals surface area (Å²) in [7, 11) is 0. The smallest absolute Gasteiger partial charge is 0.400 e. The molecule has 2 rings (SSSR count). The normalized spacial score (nSPS) is 10.8. The Kier molecular flexibility index (Phi) is 3.37. The summed E-state index contributed by atoms with van der Waals surface area (Å²) in [5.41, 5.74) is 2.26. The number of carbonyl (C=O) groups is 1. The highest BCUT2D eigenvalue weighted by molar-refractivity contribution is 5.92. The minimum Gasteiger partial charge on any atom is -0.400 e. The van der Waals surface area contributed by atoms with E-state index in [0.29, 0.717) is 5.76 Å². The van der Waals surface area contributed by atoms with Crippen LogP contribution in [0.2, 0.25) is 0 Å². The Morgan fingerprint density at radius 1 is 1.58 bits per heavy atom. The number of rotatable bonds is 4. The maximum Gasteiger partial charge on any atom is 0.433 e. The van der Waals surface area contributed by atoms with Crippen LogP contribution in [0.3, 0.4) is 0 Å². The van der Waals surface area contributed by atoms with Gasteiger partial charge < -0.3 is 8.94 Å². The molecule has 9 nitrogen and oxygen atoms in total. The van der Waals surface area contributed by atoms with Gasteiger partial charge in [-0.25, -0.2) is 5.43 Å². The Balaban J connectivity index is 1.96. The lowest BCUT2D eigenvalue weighted by atomic mass is 10.4. The first-order valence-electron chi connectivity index (χ1n) is 5.07. The number of amides is 1. The summed E-state index contributed by atoms with van der Waals surface area (Å²) in [5, 5.41) is 17.4. The largest absolute Gasteiger partial charge is 0.433 e. The van der Waals surface area contributed by atoms with Crippen molar-refractivity contribution in [2.75, 3.05) is 0 Å². The Morgan fingerprint density at radius 2 is 2.37 bits per heavy atom. The summed E-state index contributed by atoms with van der Waals surface area (Å²) in [6, 6.07) is 3.99. The van der Waals surface area contributed by atoms with E-state index >= 15 is 0 Å². The van der Waals surface area contributed by atoms with Crippen LogP contribution in [0.5, 0.6) is 0 Å². The first-order valence-corrected chi connectivity index (χ1v) is 5.07. The van der Waals surface area contributed by atoms with Crippen LogP contribution in [-0.4, -0.2) is 22.2 Å². The van der Waals surface area contributed by atoms with Crippen LogP contribution >= 0.6 is 0 Å². The molecule has 0 aromatic carbocycles.